The normalized spacial score (nSPS) is 14.0. The summed E-state index contributed by atoms with van der Waals surface area (Å²) in [6.07, 6.45) is 0.189. The van der Waals surface area contributed by atoms with Gasteiger partial charge in [-0.05, 0) is 65.7 Å². The van der Waals surface area contributed by atoms with Gasteiger partial charge in [-0.15, -0.1) is 0 Å². The topological polar surface area (TPSA) is 111 Å². The van der Waals surface area contributed by atoms with Crippen molar-refractivity contribution in [1.82, 2.24) is 4.90 Å². The number of ether oxygens (including phenoxy) is 2. The predicted molar refractivity (Wildman–Crippen MR) is 173 cm³/mol. The third kappa shape index (κ3) is 8.17. The lowest BCUT2D eigenvalue weighted by molar-refractivity contribution is -0.115. The predicted octanol–water partition coefficient (Wildman–Crippen LogP) is 6.59. The Morgan fingerprint density at radius 3 is 2.14 bits per heavy atom. The summed E-state index contributed by atoms with van der Waals surface area (Å²) < 4.78 is 9.28. The molecular formula is C34H33Cl2N3O5. The first-order valence-electron chi connectivity index (χ1n) is 13.8. The number of halogens is 2. The van der Waals surface area contributed by atoms with E-state index >= 15 is 0 Å². The van der Waals surface area contributed by atoms with E-state index in [0.717, 1.165) is 18.7 Å². The Hall–Kier alpha value is -4.37. The molecule has 0 aromatic heterocycles. The first-order chi connectivity index (χ1) is 21.1. The van der Waals surface area contributed by atoms with Crippen LogP contribution in [0.4, 0.5) is 11.4 Å². The SMILES string of the molecule is COC(=O)c1ccc(Cl)cc1N.COC(=O)c1ccc(Cl)cc1NC(=O)Cc1ccc(C2CN(C)Cc3ccccc32)cc1. The minimum absolute atomic E-state index is 0.189. The average molecular weight is 635 g/mol. The molecule has 0 saturated carbocycles. The second kappa shape index (κ2) is 14.9. The molecule has 8 nitrogen and oxygen atoms in total. The zero-order chi connectivity index (χ0) is 31.8. The van der Waals surface area contributed by atoms with Gasteiger partial charge in [-0.25, -0.2) is 9.59 Å². The van der Waals surface area contributed by atoms with Gasteiger partial charge in [0.05, 0.1) is 37.5 Å². The van der Waals surface area contributed by atoms with Crippen LogP contribution in [0.5, 0.6) is 0 Å². The third-order valence-corrected chi connectivity index (χ3v) is 7.66. The van der Waals surface area contributed by atoms with E-state index < -0.39 is 11.9 Å². The first-order valence-corrected chi connectivity index (χ1v) is 14.5. The summed E-state index contributed by atoms with van der Waals surface area (Å²) in [5, 5.41) is 3.71. The fourth-order valence-corrected chi connectivity index (χ4v) is 5.41. The quantitative estimate of drug-likeness (QED) is 0.182. The molecule has 1 unspecified atom stereocenters. The summed E-state index contributed by atoms with van der Waals surface area (Å²) in [5.41, 5.74) is 11.6. The molecule has 0 fully saturated rings. The molecular weight excluding hydrogens is 601 g/mol. The fourth-order valence-electron chi connectivity index (χ4n) is 5.05. The molecule has 0 saturated heterocycles. The average Bonchev–Trinajstić information content (AvgIpc) is 3.00. The van der Waals surface area contributed by atoms with Crippen LogP contribution in [0.25, 0.3) is 0 Å². The number of rotatable bonds is 6. The summed E-state index contributed by atoms with van der Waals surface area (Å²) in [4.78, 5) is 37.9. The van der Waals surface area contributed by atoms with E-state index in [0.29, 0.717) is 32.9 Å². The zero-order valence-electron chi connectivity index (χ0n) is 24.6. The second-order valence-electron chi connectivity index (χ2n) is 10.3. The molecule has 0 radical (unpaired) electrons. The standard InChI is InChI=1S/C26H25ClN2O3.C8H8ClNO2/c1-29-15-19-5-3-4-6-21(19)23(16-29)18-9-7-17(8-10-18)13-25(30)28-24-14-20(27)11-12-22(24)26(31)32-2;1-12-8(11)6-3-2-5(9)4-7(6)10/h3-12,14,23H,13,15-16H2,1-2H3,(H,28,30);2-4H,10H2,1H3. The number of carbonyl (C=O) groups excluding carboxylic acids is 3. The maximum absolute atomic E-state index is 12.6. The molecule has 1 amide bonds. The lowest BCUT2D eigenvalue weighted by Gasteiger charge is -2.32. The van der Waals surface area contributed by atoms with Crippen LogP contribution in [0, 0.1) is 0 Å². The number of nitrogens with one attached hydrogen (secondary N) is 1. The molecule has 5 rings (SSSR count). The molecule has 4 aromatic carbocycles. The van der Waals surface area contributed by atoms with Crippen molar-refractivity contribution in [2.24, 2.45) is 0 Å². The van der Waals surface area contributed by atoms with Crippen LogP contribution in [0.15, 0.2) is 84.9 Å². The van der Waals surface area contributed by atoms with Gasteiger partial charge in [-0.1, -0.05) is 71.7 Å². The molecule has 1 atom stereocenters. The number of nitrogens with two attached hydrogens (primary N) is 1. The zero-order valence-corrected chi connectivity index (χ0v) is 26.1. The molecule has 10 heteroatoms. The minimum atomic E-state index is -0.529. The van der Waals surface area contributed by atoms with Crippen molar-refractivity contribution in [3.05, 3.63) is 128 Å². The van der Waals surface area contributed by atoms with Gasteiger partial charge in [0.25, 0.3) is 0 Å². The Kier molecular flexibility index (Phi) is 11.0. The summed E-state index contributed by atoms with van der Waals surface area (Å²) in [7, 11) is 4.74. The van der Waals surface area contributed by atoms with Crippen molar-refractivity contribution in [3.8, 4) is 0 Å². The number of amides is 1. The van der Waals surface area contributed by atoms with Crippen molar-refractivity contribution in [2.75, 3.05) is 38.9 Å². The van der Waals surface area contributed by atoms with E-state index in [1.807, 2.05) is 12.1 Å². The molecule has 4 aromatic rings. The number of benzene rings is 4. The molecule has 44 heavy (non-hydrogen) atoms. The van der Waals surface area contributed by atoms with Gasteiger partial charge < -0.3 is 25.4 Å². The van der Waals surface area contributed by atoms with Crippen LogP contribution in [0.1, 0.15) is 48.9 Å². The highest BCUT2D eigenvalue weighted by Gasteiger charge is 2.24. The van der Waals surface area contributed by atoms with Gasteiger partial charge in [0.2, 0.25) is 5.91 Å². The molecule has 1 aliphatic heterocycles. The minimum Gasteiger partial charge on any atom is -0.465 e. The number of hydrogen-bond donors (Lipinski definition) is 2. The number of fused-ring (bicyclic) bond motifs is 1. The van der Waals surface area contributed by atoms with Crippen LogP contribution < -0.4 is 11.1 Å². The van der Waals surface area contributed by atoms with Crippen molar-refractivity contribution in [1.29, 1.82) is 0 Å². The van der Waals surface area contributed by atoms with Crippen LogP contribution in [-0.4, -0.2) is 50.6 Å². The number of carbonyl (C=O) groups is 3. The van der Waals surface area contributed by atoms with Gasteiger partial charge in [0, 0.05) is 34.7 Å². The number of esters is 2. The number of methoxy groups -OCH3 is 2. The van der Waals surface area contributed by atoms with Gasteiger partial charge in [0.15, 0.2) is 0 Å². The Balaban J connectivity index is 0.000000309. The summed E-state index contributed by atoms with van der Waals surface area (Å²) in [5.74, 6) is -0.905. The van der Waals surface area contributed by atoms with Crippen LogP contribution in [-0.2, 0) is 27.2 Å². The van der Waals surface area contributed by atoms with E-state index in [2.05, 4.69) is 58.4 Å². The Labute approximate surface area is 266 Å². The van der Waals surface area contributed by atoms with Crippen molar-refractivity contribution in [3.63, 3.8) is 0 Å². The van der Waals surface area contributed by atoms with Crippen molar-refractivity contribution in [2.45, 2.75) is 18.9 Å². The number of anilines is 2. The smallest absolute Gasteiger partial charge is 0.339 e. The second-order valence-corrected chi connectivity index (χ2v) is 11.2. The number of likely N-dealkylation sites (N-methyl/N-ethyl adjacent to an activating group) is 1. The van der Waals surface area contributed by atoms with Crippen molar-refractivity contribution < 1.29 is 23.9 Å². The Morgan fingerprint density at radius 2 is 1.48 bits per heavy atom. The van der Waals surface area contributed by atoms with Crippen molar-refractivity contribution >= 4 is 52.4 Å². The summed E-state index contributed by atoms with van der Waals surface area (Å²) >= 11 is 11.7. The molecule has 0 bridgehead atoms. The van der Waals surface area contributed by atoms with Crippen LogP contribution in [0.3, 0.4) is 0 Å². The first kappa shape index (κ1) is 32.5. The van der Waals surface area contributed by atoms with Gasteiger partial charge in [-0.3, -0.25) is 4.79 Å². The highest BCUT2D eigenvalue weighted by atomic mass is 35.5. The van der Waals surface area contributed by atoms with Gasteiger partial charge >= 0.3 is 11.9 Å². The molecule has 1 heterocycles. The summed E-state index contributed by atoms with van der Waals surface area (Å²) in [6, 6.07) is 26.1. The molecule has 1 aliphatic rings. The van der Waals surface area contributed by atoms with Crippen LogP contribution >= 0.6 is 23.2 Å². The number of nitrogens with zero attached hydrogens (tertiary/aromatic N) is 1. The van der Waals surface area contributed by atoms with E-state index in [4.69, 9.17) is 33.7 Å². The van der Waals surface area contributed by atoms with E-state index in [1.54, 1.807) is 18.2 Å². The summed E-state index contributed by atoms with van der Waals surface area (Å²) in [6.45, 7) is 1.92. The molecule has 3 N–H and O–H groups in total. The monoisotopic (exact) mass is 633 g/mol. The van der Waals surface area contributed by atoms with Gasteiger partial charge in [-0.2, -0.15) is 0 Å². The Bertz CT molecular complexity index is 1660. The highest BCUT2D eigenvalue weighted by molar-refractivity contribution is 6.31. The maximum Gasteiger partial charge on any atom is 0.339 e. The molecule has 0 aliphatic carbocycles. The fraction of sp³-hybridized carbons (Fsp3) is 0.206. The Morgan fingerprint density at radius 1 is 0.864 bits per heavy atom. The number of hydrogen-bond acceptors (Lipinski definition) is 7. The molecule has 0 spiro atoms. The lowest BCUT2D eigenvalue weighted by Crippen LogP contribution is -2.30. The largest absolute Gasteiger partial charge is 0.465 e. The maximum atomic E-state index is 12.6. The van der Waals surface area contributed by atoms with E-state index in [1.165, 1.54) is 49.1 Å². The van der Waals surface area contributed by atoms with Crippen LogP contribution in [0.2, 0.25) is 10.0 Å². The lowest BCUT2D eigenvalue weighted by atomic mass is 9.84. The van der Waals surface area contributed by atoms with E-state index in [9.17, 15) is 14.4 Å². The highest BCUT2D eigenvalue weighted by Crippen LogP contribution is 2.33. The third-order valence-electron chi connectivity index (χ3n) is 7.19. The number of nitrogen functional groups attached to an aromatic ring is 1. The van der Waals surface area contributed by atoms with E-state index in [-0.39, 0.29) is 17.9 Å². The molecule has 228 valence electrons. The van der Waals surface area contributed by atoms with Gasteiger partial charge in [0.1, 0.15) is 0 Å².